The monoisotopic (exact) mass is 309 g/mol. The summed E-state index contributed by atoms with van der Waals surface area (Å²) in [5.74, 6) is -0.325. The van der Waals surface area contributed by atoms with Crippen LogP contribution in [0, 0.1) is 5.82 Å². The minimum absolute atomic E-state index is 0.234. The second kappa shape index (κ2) is 8.70. The Morgan fingerprint density at radius 2 is 2.09 bits per heavy atom. The Balaban J connectivity index is 1.56. The molecule has 1 atom stereocenters. The number of aliphatic hydroxyl groups excluding tert-OH is 1. The molecular weight excluding hydrogens is 285 g/mol. The number of nitrogens with zero attached hydrogens (tertiary/aromatic N) is 1. The number of amides is 2. The van der Waals surface area contributed by atoms with Crippen LogP contribution in [-0.2, 0) is 0 Å². The lowest BCUT2D eigenvalue weighted by Gasteiger charge is -2.22. The van der Waals surface area contributed by atoms with E-state index in [1.807, 2.05) is 0 Å². The number of rotatable bonds is 7. The van der Waals surface area contributed by atoms with Crippen LogP contribution in [0.15, 0.2) is 24.3 Å². The fourth-order valence-electron chi connectivity index (χ4n) is 2.75. The highest BCUT2D eigenvalue weighted by atomic mass is 19.1. The van der Waals surface area contributed by atoms with Gasteiger partial charge in [-0.05, 0) is 63.0 Å². The molecule has 0 unspecified atom stereocenters. The maximum absolute atomic E-state index is 12.7. The first-order valence-corrected chi connectivity index (χ1v) is 7.84. The summed E-state index contributed by atoms with van der Waals surface area (Å²) < 4.78 is 12.7. The Labute approximate surface area is 130 Å². The molecule has 0 spiro atoms. The zero-order valence-corrected chi connectivity index (χ0v) is 12.7. The van der Waals surface area contributed by atoms with Crippen LogP contribution in [-0.4, -0.2) is 48.3 Å². The molecule has 5 nitrogen and oxygen atoms in total. The quantitative estimate of drug-likeness (QED) is 0.677. The predicted octanol–water partition coefficient (Wildman–Crippen LogP) is 2.18. The zero-order chi connectivity index (χ0) is 15.8. The summed E-state index contributed by atoms with van der Waals surface area (Å²) in [5.41, 5.74) is 0.571. The topological polar surface area (TPSA) is 64.6 Å². The van der Waals surface area contributed by atoms with Crippen LogP contribution in [0.1, 0.15) is 25.7 Å². The molecule has 1 aromatic carbocycles. The normalized spacial score (nSPS) is 18.4. The van der Waals surface area contributed by atoms with Crippen molar-refractivity contribution < 1.29 is 14.3 Å². The van der Waals surface area contributed by atoms with Gasteiger partial charge in [0.15, 0.2) is 0 Å². The Morgan fingerprint density at radius 1 is 1.32 bits per heavy atom. The van der Waals surface area contributed by atoms with Crippen LogP contribution in [0.25, 0.3) is 0 Å². The minimum Gasteiger partial charge on any atom is -0.395 e. The first-order chi connectivity index (χ1) is 10.7. The van der Waals surface area contributed by atoms with Crippen molar-refractivity contribution in [2.24, 2.45) is 0 Å². The highest BCUT2D eigenvalue weighted by Gasteiger charge is 2.22. The molecule has 1 saturated heterocycles. The van der Waals surface area contributed by atoms with Gasteiger partial charge in [0.2, 0.25) is 0 Å². The SMILES string of the molecule is O=C(NCCCCN1CCC[C@H]1CO)Nc1ccc(F)cc1. The Bertz CT molecular complexity index is 467. The van der Waals surface area contributed by atoms with Gasteiger partial charge in [-0.2, -0.15) is 0 Å². The van der Waals surface area contributed by atoms with Gasteiger partial charge in [0.05, 0.1) is 6.61 Å². The summed E-state index contributed by atoms with van der Waals surface area (Å²) in [4.78, 5) is 14.0. The van der Waals surface area contributed by atoms with Crippen LogP contribution >= 0.6 is 0 Å². The van der Waals surface area contributed by atoms with E-state index < -0.39 is 0 Å². The molecule has 0 aromatic heterocycles. The number of halogens is 1. The molecule has 22 heavy (non-hydrogen) atoms. The van der Waals surface area contributed by atoms with Crippen molar-refractivity contribution in [3.8, 4) is 0 Å². The lowest BCUT2D eigenvalue weighted by Crippen LogP contribution is -2.34. The third-order valence-corrected chi connectivity index (χ3v) is 3.97. The number of unbranched alkanes of at least 4 members (excludes halogenated alkanes) is 1. The van der Waals surface area contributed by atoms with Crippen molar-refractivity contribution in [3.05, 3.63) is 30.1 Å². The number of carbonyl (C=O) groups excluding carboxylic acids is 1. The number of likely N-dealkylation sites (tertiary alicyclic amines) is 1. The maximum Gasteiger partial charge on any atom is 0.319 e. The van der Waals surface area contributed by atoms with Gasteiger partial charge in [-0.25, -0.2) is 9.18 Å². The van der Waals surface area contributed by atoms with Crippen LogP contribution in [0.5, 0.6) is 0 Å². The Morgan fingerprint density at radius 3 is 2.82 bits per heavy atom. The van der Waals surface area contributed by atoms with E-state index in [0.29, 0.717) is 18.3 Å². The van der Waals surface area contributed by atoms with Crippen LogP contribution in [0.3, 0.4) is 0 Å². The van der Waals surface area contributed by atoms with Crippen LogP contribution in [0.2, 0.25) is 0 Å². The predicted molar refractivity (Wildman–Crippen MR) is 84.3 cm³/mol. The van der Waals surface area contributed by atoms with Gasteiger partial charge in [0, 0.05) is 18.3 Å². The Kier molecular flexibility index (Phi) is 6.61. The van der Waals surface area contributed by atoms with Crippen molar-refractivity contribution in [1.29, 1.82) is 0 Å². The molecule has 2 rings (SSSR count). The standard InChI is InChI=1S/C16H24FN3O2/c17-13-5-7-14(8-6-13)19-16(22)18-9-1-2-10-20-11-3-4-15(20)12-21/h5-8,15,21H,1-4,9-12H2,(H2,18,19,22)/t15-/m0/s1. The van der Waals surface area contributed by atoms with E-state index >= 15 is 0 Å². The fraction of sp³-hybridized carbons (Fsp3) is 0.562. The second-order valence-corrected chi connectivity index (χ2v) is 5.61. The van der Waals surface area contributed by atoms with E-state index in [1.54, 1.807) is 0 Å². The van der Waals surface area contributed by atoms with Crippen LogP contribution < -0.4 is 10.6 Å². The molecule has 0 bridgehead atoms. The first-order valence-electron chi connectivity index (χ1n) is 7.84. The Hall–Kier alpha value is -1.66. The minimum atomic E-state index is -0.325. The van der Waals surface area contributed by atoms with E-state index in [4.69, 9.17) is 0 Å². The van der Waals surface area contributed by atoms with E-state index in [-0.39, 0.29) is 18.5 Å². The lowest BCUT2D eigenvalue weighted by molar-refractivity contribution is 0.157. The van der Waals surface area contributed by atoms with E-state index in [9.17, 15) is 14.3 Å². The molecule has 0 saturated carbocycles. The number of anilines is 1. The van der Waals surface area contributed by atoms with Gasteiger partial charge < -0.3 is 15.7 Å². The number of aliphatic hydroxyl groups is 1. The summed E-state index contributed by atoms with van der Waals surface area (Å²) in [5, 5.41) is 14.7. The number of hydrogen-bond acceptors (Lipinski definition) is 3. The maximum atomic E-state index is 12.7. The molecular formula is C16H24FN3O2. The van der Waals surface area contributed by atoms with Crippen molar-refractivity contribution >= 4 is 11.7 Å². The number of urea groups is 1. The molecule has 2 amide bonds. The largest absolute Gasteiger partial charge is 0.395 e. The molecule has 3 N–H and O–H groups in total. The molecule has 1 aliphatic heterocycles. The highest BCUT2D eigenvalue weighted by Crippen LogP contribution is 2.16. The second-order valence-electron chi connectivity index (χ2n) is 5.61. The van der Waals surface area contributed by atoms with Crippen LogP contribution in [0.4, 0.5) is 14.9 Å². The average Bonchev–Trinajstić information content (AvgIpc) is 2.97. The van der Waals surface area contributed by atoms with Gasteiger partial charge >= 0.3 is 6.03 Å². The zero-order valence-electron chi connectivity index (χ0n) is 12.7. The summed E-state index contributed by atoms with van der Waals surface area (Å²) in [7, 11) is 0. The fourth-order valence-corrected chi connectivity index (χ4v) is 2.75. The van der Waals surface area contributed by atoms with Crippen molar-refractivity contribution in [3.63, 3.8) is 0 Å². The number of benzene rings is 1. The van der Waals surface area contributed by atoms with Gasteiger partial charge in [-0.3, -0.25) is 4.90 Å². The average molecular weight is 309 g/mol. The molecule has 0 aliphatic carbocycles. The summed E-state index contributed by atoms with van der Waals surface area (Å²) in [6.45, 7) is 2.86. The van der Waals surface area contributed by atoms with Gasteiger partial charge in [-0.1, -0.05) is 0 Å². The van der Waals surface area contributed by atoms with E-state index in [0.717, 1.165) is 38.8 Å². The van der Waals surface area contributed by atoms with Gasteiger partial charge in [-0.15, -0.1) is 0 Å². The summed E-state index contributed by atoms with van der Waals surface area (Å²) >= 11 is 0. The van der Waals surface area contributed by atoms with Crippen molar-refractivity contribution in [2.45, 2.75) is 31.7 Å². The lowest BCUT2D eigenvalue weighted by atomic mass is 10.2. The first kappa shape index (κ1) is 16.7. The van der Waals surface area contributed by atoms with E-state index in [2.05, 4.69) is 15.5 Å². The molecule has 1 heterocycles. The highest BCUT2D eigenvalue weighted by molar-refractivity contribution is 5.89. The molecule has 122 valence electrons. The molecule has 1 aromatic rings. The number of nitrogens with one attached hydrogen (secondary N) is 2. The van der Waals surface area contributed by atoms with Gasteiger partial charge in [0.25, 0.3) is 0 Å². The third kappa shape index (κ3) is 5.27. The molecule has 1 aliphatic rings. The molecule has 0 radical (unpaired) electrons. The van der Waals surface area contributed by atoms with Crippen molar-refractivity contribution in [1.82, 2.24) is 10.2 Å². The number of hydrogen-bond donors (Lipinski definition) is 3. The van der Waals surface area contributed by atoms with Gasteiger partial charge in [0.1, 0.15) is 5.82 Å². The van der Waals surface area contributed by atoms with E-state index in [1.165, 1.54) is 24.3 Å². The summed E-state index contributed by atoms with van der Waals surface area (Å²) in [6.07, 6.45) is 4.12. The summed E-state index contributed by atoms with van der Waals surface area (Å²) in [6, 6.07) is 5.71. The number of carbonyl (C=O) groups is 1. The molecule has 6 heteroatoms. The van der Waals surface area contributed by atoms with Crippen molar-refractivity contribution in [2.75, 3.05) is 31.6 Å². The molecule has 1 fully saturated rings. The third-order valence-electron chi connectivity index (χ3n) is 3.97. The smallest absolute Gasteiger partial charge is 0.319 e.